The molecule has 2 rings (SSSR count). The van der Waals surface area contributed by atoms with Gasteiger partial charge in [0.1, 0.15) is 0 Å². The van der Waals surface area contributed by atoms with E-state index >= 15 is 0 Å². The summed E-state index contributed by atoms with van der Waals surface area (Å²) in [6.45, 7) is 0. The van der Waals surface area contributed by atoms with Gasteiger partial charge in [0, 0.05) is 21.2 Å². The van der Waals surface area contributed by atoms with Crippen molar-refractivity contribution in [1.29, 1.82) is 0 Å². The van der Waals surface area contributed by atoms with Crippen LogP contribution < -0.4 is 11.5 Å². The van der Waals surface area contributed by atoms with Crippen LogP contribution in [0.1, 0.15) is 0 Å². The first kappa shape index (κ1) is 13.7. The third kappa shape index (κ3) is 3.42. The highest BCUT2D eigenvalue weighted by molar-refractivity contribution is 8.76. The lowest BCUT2D eigenvalue weighted by Crippen LogP contribution is -1.85. The van der Waals surface area contributed by atoms with Gasteiger partial charge in [-0.05, 0) is 36.4 Å². The highest BCUT2D eigenvalue weighted by atomic mass is 35.5. The minimum Gasteiger partial charge on any atom is -0.399 e. The van der Waals surface area contributed by atoms with Crippen LogP contribution in [0.25, 0.3) is 0 Å². The fourth-order valence-electron chi connectivity index (χ4n) is 1.26. The molecule has 0 saturated heterocycles. The quantitative estimate of drug-likeness (QED) is 0.621. The molecular weight excluding hydrogens is 307 g/mol. The van der Waals surface area contributed by atoms with Crippen LogP contribution in [-0.4, -0.2) is 0 Å². The lowest BCUT2D eigenvalue weighted by atomic mass is 10.3. The molecule has 0 atom stereocenters. The molecule has 0 amide bonds. The van der Waals surface area contributed by atoms with Gasteiger partial charge in [0.25, 0.3) is 0 Å². The molecule has 0 saturated carbocycles. The minimum atomic E-state index is 0.668. The fourth-order valence-corrected chi connectivity index (χ4v) is 4.21. The first-order valence-electron chi connectivity index (χ1n) is 5.01. The maximum absolute atomic E-state index is 6.09. The van der Waals surface area contributed by atoms with E-state index in [0.717, 1.165) is 9.79 Å². The van der Waals surface area contributed by atoms with Gasteiger partial charge in [0.2, 0.25) is 0 Å². The highest BCUT2D eigenvalue weighted by Crippen LogP contribution is 2.44. The zero-order valence-electron chi connectivity index (χ0n) is 9.19. The number of rotatable bonds is 3. The molecule has 0 unspecified atom stereocenters. The van der Waals surface area contributed by atoms with Crippen molar-refractivity contribution in [3.63, 3.8) is 0 Å². The average molecular weight is 317 g/mol. The summed E-state index contributed by atoms with van der Waals surface area (Å²) in [6, 6.07) is 10.8. The van der Waals surface area contributed by atoms with E-state index in [1.165, 1.54) is 21.6 Å². The van der Waals surface area contributed by atoms with E-state index < -0.39 is 0 Å². The Labute approximate surface area is 123 Å². The van der Waals surface area contributed by atoms with E-state index in [0.29, 0.717) is 21.4 Å². The SMILES string of the molecule is Nc1ccc(Cl)c(SSc2cc(N)ccc2Cl)c1. The smallest absolute Gasteiger partial charge is 0.0552 e. The van der Waals surface area contributed by atoms with Crippen molar-refractivity contribution in [2.45, 2.75) is 9.79 Å². The van der Waals surface area contributed by atoms with E-state index in [2.05, 4.69) is 0 Å². The van der Waals surface area contributed by atoms with Gasteiger partial charge in [-0.15, -0.1) is 0 Å². The van der Waals surface area contributed by atoms with Crippen LogP contribution in [-0.2, 0) is 0 Å². The summed E-state index contributed by atoms with van der Waals surface area (Å²) < 4.78 is 0. The van der Waals surface area contributed by atoms with Crippen molar-refractivity contribution in [3.8, 4) is 0 Å². The van der Waals surface area contributed by atoms with E-state index in [-0.39, 0.29) is 0 Å². The van der Waals surface area contributed by atoms with Gasteiger partial charge in [0.15, 0.2) is 0 Å². The molecule has 4 N–H and O–H groups in total. The van der Waals surface area contributed by atoms with Crippen LogP contribution in [0.3, 0.4) is 0 Å². The van der Waals surface area contributed by atoms with E-state index in [1.807, 2.05) is 12.1 Å². The van der Waals surface area contributed by atoms with Crippen molar-refractivity contribution >= 4 is 56.2 Å². The molecule has 18 heavy (non-hydrogen) atoms. The molecule has 0 aromatic heterocycles. The third-order valence-electron chi connectivity index (χ3n) is 2.13. The summed E-state index contributed by atoms with van der Waals surface area (Å²) in [5, 5.41) is 1.34. The number of hydrogen-bond acceptors (Lipinski definition) is 4. The summed E-state index contributed by atoms with van der Waals surface area (Å²) in [7, 11) is 3.00. The molecule has 2 nitrogen and oxygen atoms in total. The molecule has 0 heterocycles. The molecule has 0 aliphatic heterocycles. The van der Waals surface area contributed by atoms with E-state index in [4.69, 9.17) is 34.7 Å². The zero-order chi connectivity index (χ0) is 13.1. The Morgan fingerprint density at radius 2 is 1.11 bits per heavy atom. The average Bonchev–Trinajstić information content (AvgIpc) is 2.34. The lowest BCUT2D eigenvalue weighted by molar-refractivity contribution is 1.46. The molecule has 0 aliphatic carbocycles. The van der Waals surface area contributed by atoms with Gasteiger partial charge in [0.05, 0.1) is 10.0 Å². The molecule has 0 fully saturated rings. The summed E-state index contributed by atoms with van der Waals surface area (Å²) in [5.41, 5.74) is 12.8. The van der Waals surface area contributed by atoms with Crippen molar-refractivity contribution in [2.75, 3.05) is 11.5 Å². The van der Waals surface area contributed by atoms with Crippen LogP contribution in [0.2, 0.25) is 10.0 Å². The minimum absolute atomic E-state index is 0.668. The van der Waals surface area contributed by atoms with Gasteiger partial charge in [-0.1, -0.05) is 44.8 Å². The molecule has 0 aliphatic rings. The zero-order valence-corrected chi connectivity index (χ0v) is 12.3. The monoisotopic (exact) mass is 316 g/mol. The Bertz CT molecular complexity index is 524. The number of benzene rings is 2. The number of nitrogen functional groups attached to an aromatic ring is 2. The second kappa shape index (κ2) is 5.97. The summed E-state index contributed by atoms with van der Waals surface area (Å²) in [6.07, 6.45) is 0. The third-order valence-corrected chi connectivity index (χ3v) is 5.46. The molecule has 0 radical (unpaired) electrons. The molecule has 6 heteroatoms. The van der Waals surface area contributed by atoms with Gasteiger partial charge in [-0.2, -0.15) is 0 Å². The van der Waals surface area contributed by atoms with Gasteiger partial charge in [-0.3, -0.25) is 0 Å². The topological polar surface area (TPSA) is 52.0 Å². The fraction of sp³-hybridized carbons (Fsp3) is 0. The normalized spacial score (nSPS) is 10.6. The maximum atomic E-state index is 6.09. The van der Waals surface area contributed by atoms with Crippen molar-refractivity contribution in [2.24, 2.45) is 0 Å². The van der Waals surface area contributed by atoms with Crippen LogP contribution in [0.15, 0.2) is 46.2 Å². The Morgan fingerprint density at radius 1 is 0.722 bits per heavy atom. The maximum Gasteiger partial charge on any atom is 0.0552 e. The first-order valence-corrected chi connectivity index (χ1v) is 7.91. The van der Waals surface area contributed by atoms with Crippen molar-refractivity contribution in [3.05, 3.63) is 46.4 Å². The Morgan fingerprint density at radius 3 is 1.50 bits per heavy atom. The number of hydrogen-bond donors (Lipinski definition) is 2. The molecule has 2 aromatic rings. The van der Waals surface area contributed by atoms with Crippen LogP contribution in [0.4, 0.5) is 11.4 Å². The Hall–Kier alpha value is -0.680. The number of nitrogens with two attached hydrogens (primary N) is 2. The van der Waals surface area contributed by atoms with Crippen molar-refractivity contribution in [1.82, 2.24) is 0 Å². The predicted octanol–water partition coefficient (Wildman–Crippen LogP) is 4.96. The van der Waals surface area contributed by atoms with Crippen LogP contribution in [0.5, 0.6) is 0 Å². The summed E-state index contributed by atoms with van der Waals surface area (Å²) in [4.78, 5) is 1.81. The van der Waals surface area contributed by atoms with Crippen molar-refractivity contribution < 1.29 is 0 Å². The molecule has 2 aromatic carbocycles. The van der Waals surface area contributed by atoms with Gasteiger partial charge >= 0.3 is 0 Å². The van der Waals surface area contributed by atoms with E-state index in [1.54, 1.807) is 24.3 Å². The lowest BCUT2D eigenvalue weighted by Gasteiger charge is -2.06. The molecule has 94 valence electrons. The number of anilines is 2. The highest BCUT2D eigenvalue weighted by Gasteiger charge is 2.06. The summed E-state index contributed by atoms with van der Waals surface area (Å²) in [5.74, 6) is 0. The standard InChI is InChI=1S/C12H10Cl2N2S2/c13-9-3-1-7(15)5-11(9)17-18-12-6-8(16)2-4-10(12)14/h1-6H,15-16H2. The van der Waals surface area contributed by atoms with Gasteiger partial charge < -0.3 is 11.5 Å². The molecular formula is C12H10Cl2N2S2. The molecule has 0 spiro atoms. The van der Waals surface area contributed by atoms with Crippen LogP contribution in [0, 0.1) is 0 Å². The second-order valence-electron chi connectivity index (χ2n) is 3.55. The number of halogens is 2. The second-order valence-corrected chi connectivity index (χ2v) is 6.57. The Balaban J connectivity index is 2.16. The van der Waals surface area contributed by atoms with Gasteiger partial charge in [-0.25, -0.2) is 0 Å². The summed E-state index contributed by atoms with van der Waals surface area (Å²) >= 11 is 12.2. The Kier molecular flexibility index (Phi) is 4.56. The molecule has 0 bridgehead atoms. The van der Waals surface area contributed by atoms with Crippen LogP contribution >= 0.6 is 44.8 Å². The predicted molar refractivity (Wildman–Crippen MR) is 83.4 cm³/mol. The first-order chi connectivity index (χ1) is 8.56. The largest absolute Gasteiger partial charge is 0.399 e. The van der Waals surface area contributed by atoms with E-state index in [9.17, 15) is 0 Å².